The Bertz CT molecular complexity index is 619. The summed E-state index contributed by atoms with van der Waals surface area (Å²) < 4.78 is 0. The quantitative estimate of drug-likeness (QED) is 0.202. The summed E-state index contributed by atoms with van der Waals surface area (Å²) in [5, 5.41) is 8.84. The number of nitrogens with one attached hydrogen (secondary N) is 3. The number of unbranched alkanes of at least 4 members (excludes halogenated alkanes) is 13. The third-order valence-electron chi connectivity index (χ3n) is 5.77. The van der Waals surface area contributed by atoms with Crippen molar-refractivity contribution in [3.63, 3.8) is 0 Å². The predicted molar refractivity (Wildman–Crippen MR) is 136 cm³/mol. The number of benzene rings is 1. The average molecular weight is 446 g/mol. The highest BCUT2D eigenvalue weighted by atomic mass is 16.2. The van der Waals surface area contributed by atoms with Crippen molar-refractivity contribution < 1.29 is 9.59 Å². The Kier molecular flexibility index (Phi) is 17.2. The first kappa shape index (κ1) is 28.0. The van der Waals surface area contributed by atoms with Crippen LogP contribution in [0.4, 0.5) is 5.69 Å². The fraction of sp³-hybridized carbons (Fsp3) is 0.704. The third-order valence-corrected chi connectivity index (χ3v) is 5.77. The maximum absolute atomic E-state index is 12.0. The number of amides is 2. The number of carbonyl (C=O) groups excluding carboxylic acids is 2. The van der Waals surface area contributed by atoms with Crippen molar-refractivity contribution in [3.05, 3.63) is 29.8 Å². The van der Waals surface area contributed by atoms with E-state index in [1.54, 1.807) is 12.1 Å². The zero-order valence-electron chi connectivity index (χ0n) is 20.6. The van der Waals surface area contributed by atoms with Gasteiger partial charge in [-0.2, -0.15) is 0 Å². The molecule has 1 aromatic carbocycles. The van der Waals surface area contributed by atoms with Gasteiger partial charge in [-0.15, -0.1) is 0 Å². The van der Waals surface area contributed by atoms with Gasteiger partial charge < -0.3 is 16.0 Å². The van der Waals surface area contributed by atoms with E-state index in [0.29, 0.717) is 12.1 Å². The lowest BCUT2D eigenvalue weighted by molar-refractivity contribution is -0.119. The molecule has 0 radical (unpaired) electrons. The van der Waals surface area contributed by atoms with Crippen LogP contribution >= 0.6 is 0 Å². The Labute approximate surface area is 196 Å². The summed E-state index contributed by atoms with van der Waals surface area (Å²) in [7, 11) is 0. The van der Waals surface area contributed by atoms with E-state index in [4.69, 9.17) is 0 Å². The molecule has 182 valence electrons. The molecule has 0 aliphatic heterocycles. The van der Waals surface area contributed by atoms with Gasteiger partial charge in [0.1, 0.15) is 0 Å². The molecule has 0 bridgehead atoms. The number of hydrogen-bond donors (Lipinski definition) is 3. The highest BCUT2D eigenvalue weighted by Gasteiger charge is 2.06. The van der Waals surface area contributed by atoms with Crippen LogP contribution in [0.5, 0.6) is 0 Å². The minimum absolute atomic E-state index is 0.0110. The molecule has 32 heavy (non-hydrogen) atoms. The fourth-order valence-corrected chi connectivity index (χ4v) is 3.83. The second kappa shape index (κ2) is 19.6. The van der Waals surface area contributed by atoms with Gasteiger partial charge in [0.15, 0.2) is 0 Å². The topological polar surface area (TPSA) is 70.2 Å². The van der Waals surface area contributed by atoms with Gasteiger partial charge >= 0.3 is 0 Å². The molecule has 5 nitrogen and oxygen atoms in total. The summed E-state index contributed by atoms with van der Waals surface area (Å²) >= 11 is 0. The number of rotatable bonds is 20. The second-order valence-electron chi connectivity index (χ2n) is 8.74. The van der Waals surface area contributed by atoms with Gasteiger partial charge in [-0.1, -0.05) is 96.5 Å². The largest absolute Gasteiger partial charge is 0.376 e. The summed E-state index contributed by atoms with van der Waals surface area (Å²) in [5.41, 5.74) is 1.38. The molecule has 1 rings (SSSR count). The van der Waals surface area contributed by atoms with Crippen LogP contribution in [-0.2, 0) is 4.79 Å². The van der Waals surface area contributed by atoms with Crippen molar-refractivity contribution in [1.29, 1.82) is 0 Å². The first-order chi connectivity index (χ1) is 15.7. The smallest absolute Gasteiger partial charge is 0.251 e. The van der Waals surface area contributed by atoms with Gasteiger partial charge in [0.2, 0.25) is 5.91 Å². The third kappa shape index (κ3) is 14.9. The van der Waals surface area contributed by atoms with E-state index in [9.17, 15) is 9.59 Å². The van der Waals surface area contributed by atoms with Gasteiger partial charge in [-0.25, -0.2) is 0 Å². The fourth-order valence-electron chi connectivity index (χ4n) is 3.83. The average Bonchev–Trinajstić information content (AvgIpc) is 2.80. The molecule has 0 unspecified atom stereocenters. The first-order valence-corrected chi connectivity index (χ1v) is 13.1. The molecule has 5 heteroatoms. The minimum Gasteiger partial charge on any atom is -0.376 e. The summed E-state index contributed by atoms with van der Waals surface area (Å²) in [6.45, 7) is 5.71. The van der Waals surface area contributed by atoms with Gasteiger partial charge in [0.05, 0.1) is 6.54 Å². The monoisotopic (exact) mass is 445 g/mol. The molecular formula is C27H47N3O2. The molecule has 1 aromatic rings. The van der Waals surface area contributed by atoms with Crippen LogP contribution in [0.15, 0.2) is 24.3 Å². The van der Waals surface area contributed by atoms with Crippen LogP contribution in [-0.4, -0.2) is 31.4 Å². The van der Waals surface area contributed by atoms with E-state index in [2.05, 4.69) is 22.9 Å². The SMILES string of the molecule is CCCCCCCCCCCCCCCCNC(=O)CNc1cccc(C(=O)NCC)c1. The van der Waals surface area contributed by atoms with E-state index >= 15 is 0 Å². The molecule has 0 saturated carbocycles. The van der Waals surface area contributed by atoms with Gasteiger partial charge in [-0.05, 0) is 31.5 Å². The predicted octanol–water partition coefficient (Wildman–Crippen LogP) is 6.45. The number of carbonyl (C=O) groups is 2. The maximum atomic E-state index is 12.0. The van der Waals surface area contributed by atoms with E-state index in [1.165, 1.54) is 83.5 Å². The van der Waals surface area contributed by atoms with Crippen molar-refractivity contribution in [2.24, 2.45) is 0 Å². The molecule has 0 fully saturated rings. The number of hydrogen-bond acceptors (Lipinski definition) is 3. The van der Waals surface area contributed by atoms with Gasteiger partial charge in [0, 0.05) is 24.3 Å². The first-order valence-electron chi connectivity index (χ1n) is 13.1. The molecule has 0 spiro atoms. The summed E-state index contributed by atoms with van der Waals surface area (Å²) in [6.07, 6.45) is 18.7. The van der Waals surface area contributed by atoms with Gasteiger partial charge in [0.25, 0.3) is 5.91 Å². The molecule has 3 N–H and O–H groups in total. The zero-order valence-corrected chi connectivity index (χ0v) is 20.6. The van der Waals surface area contributed by atoms with E-state index < -0.39 is 0 Å². The second-order valence-corrected chi connectivity index (χ2v) is 8.74. The Balaban J connectivity index is 1.94. The molecule has 0 aliphatic rings. The van der Waals surface area contributed by atoms with E-state index in [1.807, 2.05) is 19.1 Å². The molecule has 0 saturated heterocycles. The van der Waals surface area contributed by atoms with E-state index in [0.717, 1.165) is 18.7 Å². The molecular weight excluding hydrogens is 398 g/mol. The molecule has 0 heterocycles. The lowest BCUT2D eigenvalue weighted by Gasteiger charge is -2.09. The highest BCUT2D eigenvalue weighted by molar-refractivity contribution is 5.95. The van der Waals surface area contributed by atoms with Crippen LogP contribution in [0.3, 0.4) is 0 Å². The van der Waals surface area contributed by atoms with E-state index in [-0.39, 0.29) is 18.4 Å². The van der Waals surface area contributed by atoms with Crippen molar-refractivity contribution in [1.82, 2.24) is 10.6 Å². The maximum Gasteiger partial charge on any atom is 0.251 e. The zero-order chi connectivity index (χ0) is 23.3. The Morgan fingerprint density at radius 3 is 1.84 bits per heavy atom. The van der Waals surface area contributed by atoms with Crippen LogP contribution in [0.2, 0.25) is 0 Å². The summed E-state index contributed by atoms with van der Waals surface area (Å²) in [5.74, 6) is -0.110. The van der Waals surface area contributed by atoms with Crippen LogP contribution in [0.25, 0.3) is 0 Å². The number of anilines is 1. The Hall–Kier alpha value is -2.04. The molecule has 0 aliphatic carbocycles. The van der Waals surface area contributed by atoms with Crippen molar-refractivity contribution in [2.75, 3.05) is 25.0 Å². The van der Waals surface area contributed by atoms with Crippen molar-refractivity contribution in [3.8, 4) is 0 Å². The Morgan fingerprint density at radius 1 is 0.719 bits per heavy atom. The lowest BCUT2D eigenvalue weighted by atomic mass is 10.0. The van der Waals surface area contributed by atoms with Crippen LogP contribution in [0, 0.1) is 0 Å². The summed E-state index contributed by atoms with van der Waals surface area (Å²) in [6, 6.07) is 7.22. The molecule has 2 amide bonds. The lowest BCUT2D eigenvalue weighted by Crippen LogP contribution is -2.30. The molecule has 0 atom stereocenters. The standard InChI is InChI=1S/C27H47N3O2/c1-3-5-6-7-8-9-10-11-12-13-14-15-16-17-21-29-26(31)23-30-25-20-18-19-24(22-25)27(32)28-4-2/h18-20,22,30H,3-17,21,23H2,1-2H3,(H,28,32)(H,29,31). The van der Waals surface area contributed by atoms with Crippen LogP contribution < -0.4 is 16.0 Å². The normalized spacial score (nSPS) is 10.7. The van der Waals surface area contributed by atoms with Gasteiger partial charge in [-0.3, -0.25) is 9.59 Å². The van der Waals surface area contributed by atoms with Crippen LogP contribution in [0.1, 0.15) is 114 Å². The highest BCUT2D eigenvalue weighted by Crippen LogP contribution is 2.13. The Morgan fingerprint density at radius 2 is 1.28 bits per heavy atom. The van der Waals surface area contributed by atoms with Crippen molar-refractivity contribution >= 4 is 17.5 Å². The summed E-state index contributed by atoms with van der Waals surface area (Å²) in [4.78, 5) is 23.9. The minimum atomic E-state index is -0.0987. The van der Waals surface area contributed by atoms with Crippen molar-refractivity contribution in [2.45, 2.75) is 104 Å². The molecule has 0 aromatic heterocycles.